The molecule has 0 saturated heterocycles. The monoisotopic (exact) mass is 408 g/mol. The van der Waals surface area contributed by atoms with Crippen LogP contribution in [0.2, 0.25) is 0 Å². The highest BCUT2D eigenvalue weighted by atomic mass is 32.2. The highest BCUT2D eigenvalue weighted by Gasteiger charge is 2.18. The molecule has 1 amide bonds. The van der Waals surface area contributed by atoms with Gasteiger partial charge < -0.3 is 5.32 Å². The molecule has 29 heavy (non-hydrogen) atoms. The van der Waals surface area contributed by atoms with Crippen LogP contribution in [0.15, 0.2) is 65.6 Å². The van der Waals surface area contributed by atoms with Crippen molar-refractivity contribution < 1.29 is 13.2 Å². The molecule has 3 aromatic carbocycles. The van der Waals surface area contributed by atoms with Crippen LogP contribution in [0.1, 0.15) is 32.6 Å². The summed E-state index contributed by atoms with van der Waals surface area (Å²) in [6.45, 7) is 7.49. The Balaban J connectivity index is 1.89. The molecule has 0 saturated carbocycles. The largest absolute Gasteiger partial charge is 0.321 e. The van der Waals surface area contributed by atoms with Gasteiger partial charge >= 0.3 is 0 Å². The van der Waals surface area contributed by atoms with Gasteiger partial charge in [0, 0.05) is 11.3 Å². The van der Waals surface area contributed by atoms with Crippen LogP contribution >= 0.6 is 0 Å². The lowest BCUT2D eigenvalue weighted by molar-refractivity contribution is 0.102. The van der Waals surface area contributed by atoms with Crippen molar-refractivity contribution in [2.45, 2.75) is 32.6 Å². The summed E-state index contributed by atoms with van der Waals surface area (Å²) in [7, 11) is -3.75. The molecule has 0 aliphatic rings. The number of carbonyl (C=O) groups is 1. The molecule has 0 radical (unpaired) electrons. The molecule has 0 bridgehead atoms. The quantitative estimate of drug-likeness (QED) is 0.626. The molecule has 5 nitrogen and oxygen atoms in total. The second-order valence-electron chi connectivity index (χ2n) is 7.12. The fourth-order valence-electron chi connectivity index (χ4n) is 3.11. The lowest BCUT2D eigenvalue weighted by Crippen LogP contribution is -2.18. The molecule has 150 valence electrons. The SMILES string of the molecule is Cc1ccc(S(=O)(=O)Nc2cccc(C(=O)Nc3c(C)cccc3C)c2C)cc1. The summed E-state index contributed by atoms with van der Waals surface area (Å²) < 4.78 is 28.0. The van der Waals surface area contributed by atoms with Gasteiger partial charge in [-0.1, -0.05) is 42.0 Å². The van der Waals surface area contributed by atoms with Gasteiger partial charge in [0.05, 0.1) is 10.6 Å². The van der Waals surface area contributed by atoms with E-state index in [-0.39, 0.29) is 10.8 Å². The summed E-state index contributed by atoms with van der Waals surface area (Å²) in [5.74, 6) is -0.281. The van der Waals surface area contributed by atoms with E-state index >= 15 is 0 Å². The third-order valence-corrected chi connectivity index (χ3v) is 6.26. The average Bonchev–Trinajstić information content (AvgIpc) is 2.66. The Kier molecular flexibility index (Phi) is 5.75. The van der Waals surface area contributed by atoms with Crippen molar-refractivity contribution in [1.82, 2.24) is 0 Å². The Morgan fingerprint density at radius 3 is 2.00 bits per heavy atom. The minimum atomic E-state index is -3.75. The van der Waals surface area contributed by atoms with Gasteiger partial charge in [-0.2, -0.15) is 0 Å². The van der Waals surface area contributed by atoms with Crippen LogP contribution < -0.4 is 10.0 Å². The molecule has 3 rings (SSSR count). The van der Waals surface area contributed by atoms with E-state index < -0.39 is 10.0 Å². The zero-order valence-electron chi connectivity index (χ0n) is 16.9. The minimum absolute atomic E-state index is 0.174. The van der Waals surface area contributed by atoms with Crippen molar-refractivity contribution in [3.8, 4) is 0 Å². The topological polar surface area (TPSA) is 75.3 Å². The molecule has 0 aliphatic carbocycles. The van der Waals surface area contributed by atoms with E-state index in [0.717, 1.165) is 22.4 Å². The maximum absolute atomic E-state index is 12.9. The van der Waals surface area contributed by atoms with Gasteiger partial charge in [0.15, 0.2) is 0 Å². The van der Waals surface area contributed by atoms with E-state index in [9.17, 15) is 13.2 Å². The van der Waals surface area contributed by atoms with E-state index in [0.29, 0.717) is 16.8 Å². The first-order chi connectivity index (χ1) is 13.7. The number of benzene rings is 3. The molecule has 0 aliphatic heterocycles. The van der Waals surface area contributed by atoms with E-state index in [2.05, 4.69) is 10.0 Å². The summed E-state index contributed by atoms with van der Waals surface area (Å²) in [6.07, 6.45) is 0. The molecule has 0 fully saturated rings. The second-order valence-corrected chi connectivity index (χ2v) is 8.80. The first-order valence-corrected chi connectivity index (χ1v) is 10.7. The number of amides is 1. The van der Waals surface area contributed by atoms with E-state index in [1.807, 2.05) is 39.0 Å². The number of sulfonamides is 1. The molecule has 0 atom stereocenters. The molecule has 2 N–H and O–H groups in total. The third-order valence-electron chi connectivity index (χ3n) is 4.87. The molecule has 6 heteroatoms. The van der Waals surface area contributed by atoms with Crippen LogP contribution in [0, 0.1) is 27.7 Å². The fraction of sp³-hybridized carbons (Fsp3) is 0.174. The Morgan fingerprint density at radius 2 is 1.38 bits per heavy atom. The number of carbonyl (C=O) groups excluding carboxylic acids is 1. The van der Waals surface area contributed by atoms with Gasteiger partial charge in [-0.05, 0) is 68.7 Å². The number of rotatable bonds is 5. The van der Waals surface area contributed by atoms with Gasteiger partial charge in [-0.25, -0.2) is 8.42 Å². The van der Waals surface area contributed by atoms with Crippen molar-refractivity contribution in [2.24, 2.45) is 0 Å². The van der Waals surface area contributed by atoms with Crippen LogP contribution in [0.4, 0.5) is 11.4 Å². The highest BCUT2D eigenvalue weighted by Crippen LogP contribution is 2.25. The molecular formula is C23H24N2O3S. The summed E-state index contributed by atoms with van der Waals surface area (Å²) in [6, 6.07) is 17.4. The number of hydrogen-bond acceptors (Lipinski definition) is 3. The lowest BCUT2D eigenvalue weighted by atomic mass is 10.0. The Hall–Kier alpha value is -3.12. The van der Waals surface area contributed by atoms with Gasteiger partial charge in [-0.15, -0.1) is 0 Å². The third kappa shape index (κ3) is 4.49. The van der Waals surface area contributed by atoms with E-state index in [4.69, 9.17) is 0 Å². The van der Waals surface area contributed by atoms with Crippen LogP contribution in [0.25, 0.3) is 0 Å². The molecule has 0 unspecified atom stereocenters. The predicted octanol–water partition coefficient (Wildman–Crippen LogP) is 4.97. The lowest BCUT2D eigenvalue weighted by Gasteiger charge is -2.15. The Bertz CT molecular complexity index is 1150. The van der Waals surface area contributed by atoms with Gasteiger partial charge in [0.2, 0.25) is 0 Å². The highest BCUT2D eigenvalue weighted by molar-refractivity contribution is 7.92. The zero-order valence-corrected chi connectivity index (χ0v) is 17.7. The average molecular weight is 409 g/mol. The molecule has 3 aromatic rings. The van der Waals surface area contributed by atoms with Gasteiger partial charge in [0.1, 0.15) is 0 Å². The first kappa shape index (κ1) is 20.6. The summed E-state index contributed by atoms with van der Waals surface area (Å²) in [5, 5.41) is 2.95. The summed E-state index contributed by atoms with van der Waals surface area (Å²) >= 11 is 0. The van der Waals surface area contributed by atoms with E-state index in [1.165, 1.54) is 0 Å². The smallest absolute Gasteiger partial charge is 0.261 e. The minimum Gasteiger partial charge on any atom is -0.321 e. The Labute approximate surface area is 171 Å². The van der Waals surface area contributed by atoms with Crippen LogP contribution in [0.5, 0.6) is 0 Å². The first-order valence-electron chi connectivity index (χ1n) is 9.26. The second kappa shape index (κ2) is 8.09. The zero-order chi connectivity index (χ0) is 21.2. The van der Waals surface area contributed by atoms with Crippen LogP contribution in [0.3, 0.4) is 0 Å². The predicted molar refractivity (Wildman–Crippen MR) is 117 cm³/mol. The maximum atomic E-state index is 12.9. The van der Waals surface area contributed by atoms with Crippen LogP contribution in [-0.4, -0.2) is 14.3 Å². The molecular weight excluding hydrogens is 384 g/mol. The number of para-hydroxylation sites is 1. The van der Waals surface area contributed by atoms with E-state index in [1.54, 1.807) is 49.4 Å². The van der Waals surface area contributed by atoms with Crippen molar-refractivity contribution >= 4 is 27.3 Å². The summed E-state index contributed by atoms with van der Waals surface area (Å²) in [5.41, 5.74) is 5.02. The molecule has 0 aromatic heterocycles. The molecule has 0 spiro atoms. The van der Waals surface area contributed by atoms with Crippen molar-refractivity contribution in [1.29, 1.82) is 0 Å². The fourth-order valence-corrected chi connectivity index (χ4v) is 4.23. The number of aryl methyl sites for hydroxylation is 3. The number of anilines is 2. The van der Waals surface area contributed by atoms with Crippen molar-refractivity contribution in [2.75, 3.05) is 10.0 Å². The molecule has 0 heterocycles. The standard InChI is InChI=1S/C23H24N2O3S/c1-15-11-13-19(14-12-15)29(27,28)25-21-10-6-9-20(18(21)4)23(26)24-22-16(2)7-5-8-17(22)3/h5-14,25H,1-4H3,(H,24,26). The van der Waals surface area contributed by atoms with Crippen LogP contribution in [-0.2, 0) is 10.0 Å². The number of nitrogens with one attached hydrogen (secondary N) is 2. The maximum Gasteiger partial charge on any atom is 0.261 e. The van der Waals surface area contributed by atoms with Crippen molar-refractivity contribution in [3.63, 3.8) is 0 Å². The van der Waals surface area contributed by atoms with Gasteiger partial charge in [0.25, 0.3) is 15.9 Å². The summed E-state index contributed by atoms with van der Waals surface area (Å²) in [4.78, 5) is 13.1. The normalized spacial score (nSPS) is 11.2. The van der Waals surface area contributed by atoms with Gasteiger partial charge in [-0.3, -0.25) is 9.52 Å². The number of hydrogen-bond donors (Lipinski definition) is 2. The van der Waals surface area contributed by atoms with Crippen molar-refractivity contribution in [3.05, 3.63) is 88.5 Å². The Morgan fingerprint density at radius 1 is 0.793 bits per heavy atom.